The van der Waals surface area contributed by atoms with Gasteiger partial charge in [-0.25, -0.2) is 4.98 Å². The number of rotatable bonds is 8. The van der Waals surface area contributed by atoms with Crippen LogP contribution in [0.25, 0.3) is 11.0 Å². The number of carbonyl (C=O) groups is 1. The highest BCUT2D eigenvalue weighted by Gasteiger charge is 2.17. The highest BCUT2D eigenvalue weighted by Crippen LogP contribution is 2.21. The number of benzene rings is 1. The van der Waals surface area contributed by atoms with Crippen LogP contribution >= 0.6 is 11.8 Å². The molecule has 0 aliphatic heterocycles. The normalized spacial score (nSPS) is 12.1. The van der Waals surface area contributed by atoms with E-state index < -0.39 is 0 Å². The molecule has 9 heteroatoms. The van der Waals surface area contributed by atoms with E-state index in [0.717, 1.165) is 17.0 Å². The fourth-order valence-corrected chi connectivity index (χ4v) is 4.22. The Morgan fingerprint density at radius 3 is 2.78 bits per heavy atom. The Morgan fingerprint density at radius 1 is 1.31 bits per heavy atom. The number of furan rings is 1. The van der Waals surface area contributed by atoms with E-state index in [-0.39, 0.29) is 29.8 Å². The van der Waals surface area contributed by atoms with Crippen molar-refractivity contribution in [2.45, 2.75) is 31.6 Å². The molecule has 0 radical (unpaired) electrons. The number of thioether (sulfide) groups is 1. The van der Waals surface area contributed by atoms with Gasteiger partial charge in [-0.1, -0.05) is 23.9 Å². The second-order valence-corrected chi connectivity index (χ2v) is 8.37. The van der Waals surface area contributed by atoms with Crippen LogP contribution in [0.1, 0.15) is 30.0 Å². The lowest BCUT2D eigenvalue weighted by Crippen LogP contribution is -2.29. The van der Waals surface area contributed by atoms with E-state index in [1.165, 1.54) is 16.3 Å². The summed E-state index contributed by atoms with van der Waals surface area (Å²) in [6.45, 7) is 4.03. The molecule has 166 valence electrons. The molecule has 1 amide bonds. The average molecular weight is 453 g/mol. The Labute approximate surface area is 189 Å². The number of methoxy groups -OCH3 is 1. The van der Waals surface area contributed by atoms with Gasteiger partial charge in [-0.05, 0) is 49.7 Å². The lowest BCUT2D eigenvalue weighted by Gasteiger charge is -2.15. The summed E-state index contributed by atoms with van der Waals surface area (Å²) in [6, 6.07) is 12.8. The largest absolute Gasteiger partial charge is 0.497 e. The van der Waals surface area contributed by atoms with E-state index in [4.69, 9.17) is 9.15 Å². The monoisotopic (exact) mass is 452 g/mol. The topological polar surface area (TPSA) is 102 Å². The number of aromatic amines is 1. The minimum absolute atomic E-state index is 0.125. The van der Waals surface area contributed by atoms with Crippen molar-refractivity contribution in [1.29, 1.82) is 0 Å². The molecule has 2 N–H and O–H groups in total. The van der Waals surface area contributed by atoms with Crippen LogP contribution in [-0.4, -0.2) is 33.3 Å². The number of ether oxygens (including phenoxy) is 1. The van der Waals surface area contributed by atoms with Crippen molar-refractivity contribution in [3.63, 3.8) is 0 Å². The quantitative estimate of drug-likeness (QED) is 0.313. The molecule has 0 spiro atoms. The van der Waals surface area contributed by atoms with Gasteiger partial charge < -0.3 is 19.5 Å². The Kier molecular flexibility index (Phi) is 6.36. The Balaban J connectivity index is 1.51. The zero-order chi connectivity index (χ0) is 22.7. The van der Waals surface area contributed by atoms with E-state index in [0.29, 0.717) is 22.0 Å². The maximum absolute atomic E-state index is 13.1. The molecule has 0 bridgehead atoms. The second kappa shape index (κ2) is 9.35. The Morgan fingerprint density at radius 2 is 2.09 bits per heavy atom. The zero-order valence-corrected chi connectivity index (χ0v) is 18.9. The molecule has 0 fully saturated rings. The molecule has 3 heterocycles. The van der Waals surface area contributed by atoms with Gasteiger partial charge in [0.15, 0.2) is 5.16 Å². The summed E-state index contributed by atoms with van der Waals surface area (Å²) in [5, 5.41) is 3.45. The SMILES string of the molecule is COc1ccc([C@@H](C)NC(=O)CSc2nc3cc(C)[nH]c3c(=O)n2Cc2ccco2)cc1. The standard InChI is InChI=1S/C23H24N4O4S/c1-14-11-19-21(24-14)22(29)27(12-18-5-4-10-31-18)23(26-19)32-13-20(28)25-15(2)16-6-8-17(30-3)9-7-16/h4-11,15,24H,12-13H2,1-3H3,(H,25,28)/t15-/m1/s1. The highest BCUT2D eigenvalue weighted by molar-refractivity contribution is 7.99. The summed E-state index contributed by atoms with van der Waals surface area (Å²) in [4.78, 5) is 33.4. The van der Waals surface area contributed by atoms with Gasteiger partial charge in [0.1, 0.15) is 17.0 Å². The van der Waals surface area contributed by atoms with Crippen molar-refractivity contribution in [2.24, 2.45) is 0 Å². The molecule has 4 aromatic rings. The van der Waals surface area contributed by atoms with Crippen LogP contribution < -0.4 is 15.6 Å². The summed E-state index contributed by atoms with van der Waals surface area (Å²) in [5.74, 6) is 1.37. The third kappa shape index (κ3) is 4.72. The first-order valence-electron chi connectivity index (χ1n) is 10.1. The fourth-order valence-electron chi connectivity index (χ4n) is 3.41. The van der Waals surface area contributed by atoms with Crippen molar-refractivity contribution in [2.75, 3.05) is 12.9 Å². The van der Waals surface area contributed by atoms with Crippen molar-refractivity contribution < 1.29 is 13.9 Å². The van der Waals surface area contributed by atoms with Crippen LogP contribution in [0.15, 0.2) is 63.1 Å². The first-order valence-corrected chi connectivity index (χ1v) is 11.1. The average Bonchev–Trinajstić information content (AvgIpc) is 3.43. The first kappa shape index (κ1) is 21.8. The molecule has 0 unspecified atom stereocenters. The second-order valence-electron chi connectivity index (χ2n) is 7.43. The number of amides is 1. The van der Waals surface area contributed by atoms with E-state index in [2.05, 4.69) is 15.3 Å². The summed E-state index contributed by atoms with van der Waals surface area (Å²) < 4.78 is 12.1. The molecule has 1 aromatic carbocycles. The predicted molar refractivity (Wildman–Crippen MR) is 123 cm³/mol. The van der Waals surface area contributed by atoms with E-state index in [1.54, 1.807) is 25.5 Å². The molecule has 8 nitrogen and oxygen atoms in total. The lowest BCUT2D eigenvalue weighted by atomic mass is 10.1. The molecule has 32 heavy (non-hydrogen) atoms. The molecule has 1 atom stereocenters. The smallest absolute Gasteiger partial charge is 0.278 e. The number of fused-ring (bicyclic) bond motifs is 1. The molecule has 3 aromatic heterocycles. The van der Waals surface area contributed by atoms with Gasteiger partial charge in [-0.3, -0.25) is 14.2 Å². The minimum Gasteiger partial charge on any atom is -0.497 e. The minimum atomic E-state index is -0.200. The Bertz CT molecular complexity index is 1280. The first-order chi connectivity index (χ1) is 15.4. The van der Waals surface area contributed by atoms with Gasteiger partial charge in [0.25, 0.3) is 5.56 Å². The van der Waals surface area contributed by atoms with Gasteiger partial charge in [0.05, 0.1) is 37.2 Å². The third-order valence-electron chi connectivity index (χ3n) is 5.06. The van der Waals surface area contributed by atoms with Crippen LogP contribution in [0, 0.1) is 6.92 Å². The summed E-state index contributed by atoms with van der Waals surface area (Å²) in [7, 11) is 1.61. The number of H-pyrrole nitrogens is 1. The van der Waals surface area contributed by atoms with Gasteiger partial charge >= 0.3 is 0 Å². The van der Waals surface area contributed by atoms with Gasteiger partial charge in [0.2, 0.25) is 5.91 Å². The van der Waals surface area contributed by atoms with Crippen LogP contribution in [0.4, 0.5) is 0 Å². The van der Waals surface area contributed by atoms with E-state index >= 15 is 0 Å². The van der Waals surface area contributed by atoms with Crippen molar-refractivity contribution in [3.8, 4) is 5.75 Å². The third-order valence-corrected chi connectivity index (χ3v) is 6.03. The molecule has 0 aliphatic carbocycles. The molecule has 0 aliphatic rings. The summed E-state index contributed by atoms with van der Waals surface area (Å²) in [6.07, 6.45) is 1.56. The molecular weight excluding hydrogens is 428 g/mol. The van der Waals surface area contributed by atoms with E-state index in [9.17, 15) is 9.59 Å². The van der Waals surface area contributed by atoms with Gasteiger partial charge in [-0.15, -0.1) is 0 Å². The lowest BCUT2D eigenvalue weighted by molar-refractivity contribution is -0.119. The van der Waals surface area contributed by atoms with Crippen LogP contribution in [0.3, 0.4) is 0 Å². The number of aryl methyl sites for hydroxylation is 1. The van der Waals surface area contributed by atoms with E-state index in [1.807, 2.05) is 44.2 Å². The maximum atomic E-state index is 13.1. The number of aromatic nitrogens is 3. The number of hydrogen-bond donors (Lipinski definition) is 2. The zero-order valence-electron chi connectivity index (χ0n) is 18.0. The van der Waals surface area contributed by atoms with Crippen LogP contribution in [0.2, 0.25) is 0 Å². The van der Waals surface area contributed by atoms with Crippen molar-refractivity contribution in [3.05, 3.63) is 76.1 Å². The number of nitrogens with zero attached hydrogens (tertiary/aromatic N) is 2. The summed E-state index contributed by atoms with van der Waals surface area (Å²) in [5.41, 5.74) is 2.64. The van der Waals surface area contributed by atoms with Gasteiger partial charge in [-0.2, -0.15) is 0 Å². The number of hydrogen-bond acceptors (Lipinski definition) is 6. The molecule has 0 saturated heterocycles. The Hall–Kier alpha value is -3.46. The van der Waals surface area contributed by atoms with Crippen LogP contribution in [0.5, 0.6) is 5.75 Å². The van der Waals surface area contributed by atoms with Crippen molar-refractivity contribution in [1.82, 2.24) is 19.9 Å². The van der Waals surface area contributed by atoms with Crippen molar-refractivity contribution >= 4 is 28.7 Å². The number of carbonyl (C=O) groups excluding carboxylic acids is 1. The predicted octanol–water partition coefficient (Wildman–Crippen LogP) is 3.65. The maximum Gasteiger partial charge on any atom is 0.278 e. The summed E-state index contributed by atoms with van der Waals surface area (Å²) >= 11 is 1.22. The fraction of sp³-hybridized carbons (Fsp3) is 0.261. The molecular formula is C23H24N4O4S. The van der Waals surface area contributed by atoms with Gasteiger partial charge in [0, 0.05) is 5.69 Å². The highest BCUT2D eigenvalue weighted by atomic mass is 32.2. The molecule has 0 saturated carbocycles. The number of nitrogens with one attached hydrogen (secondary N) is 2. The molecule has 4 rings (SSSR count). The van der Waals surface area contributed by atoms with Crippen LogP contribution in [-0.2, 0) is 11.3 Å².